The number of piperazine rings is 1. The molecule has 1 fully saturated rings. The Balaban J connectivity index is 2.07. The summed E-state index contributed by atoms with van der Waals surface area (Å²) in [4.78, 5) is 13.8. The predicted octanol–water partition coefficient (Wildman–Crippen LogP) is 0.152. The molecule has 1 aromatic heterocycles. The average Bonchev–Trinajstić information content (AvgIpc) is 2.64. The van der Waals surface area contributed by atoms with Crippen LogP contribution in [0.5, 0.6) is 0 Å². The number of aromatic amines is 1. The van der Waals surface area contributed by atoms with Gasteiger partial charge in [-0.05, 0) is 19.9 Å². The molecular formula is C10H16N4O. The molecule has 1 atom stereocenters. The van der Waals surface area contributed by atoms with Crippen LogP contribution in [0.2, 0.25) is 0 Å². The zero-order valence-corrected chi connectivity index (χ0v) is 9.08. The van der Waals surface area contributed by atoms with Crippen molar-refractivity contribution in [1.29, 1.82) is 0 Å². The van der Waals surface area contributed by atoms with E-state index in [-0.39, 0.29) is 5.91 Å². The van der Waals surface area contributed by atoms with Gasteiger partial charge in [-0.2, -0.15) is 5.10 Å². The van der Waals surface area contributed by atoms with Gasteiger partial charge in [-0.25, -0.2) is 0 Å². The lowest BCUT2D eigenvalue weighted by molar-refractivity contribution is 0.0703. The first kappa shape index (κ1) is 10.2. The number of H-pyrrole nitrogens is 1. The minimum Gasteiger partial charge on any atom is -0.334 e. The van der Waals surface area contributed by atoms with E-state index in [1.54, 1.807) is 6.07 Å². The molecule has 0 radical (unpaired) electrons. The highest BCUT2D eigenvalue weighted by molar-refractivity contribution is 5.92. The third kappa shape index (κ3) is 2.18. The van der Waals surface area contributed by atoms with Crippen molar-refractivity contribution < 1.29 is 4.79 Å². The molecule has 1 saturated heterocycles. The zero-order valence-electron chi connectivity index (χ0n) is 9.08. The smallest absolute Gasteiger partial charge is 0.274 e. The molecule has 0 bridgehead atoms. The Hall–Kier alpha value is -1.36. The Morgan fingerprint density at radius 3 is 3.07 bits per heavy atom. The van der Waals surface area contributed by atoms with Gasteiger partial charge in [-0.3, -0.25) is 9.89 Å². The van der Waals surface area contributed by atoms with Gasteiger partial charge in [0.15, 0.2) is 0 Å². The van der Waals surface area contributed by atoms with Gasteiger partial charge >= 0.3 is 0 Å². The normalized spacial score (nSPS) is 21.7. The molecule has 0 saturated carbocycles. The number of nitrogens with zero attached hydrogens (tertiary/aromatic N) is 2. The molecule has 1 aliphatic rings. The summed E-state index contributed by atoms with van der Waals surface area (Å²) >= 11 is 0. The van der Waals surface area contributed by atoms with Crippen LogP contribution in [0.25, 0.3) is 0 Å². The van der Waals surface area contributed by atoms with Gasteiger partial charge in [0.2, 0.25) is 0 Å². The highest BCUT2D eigenvalue weighted by Crippen LogP contribution is 2.06. The van der Waals surface area contributed by atoms with Crippen LogP contribution in [0.1, 0.15) is 23.1 Å². The van der Waals surface area contributed by atoms with Crippen molar-refractivity contribution in [2.45, 2.75) is 19.9 Å². The molecule has 0 aliphatic carbocycles. The monoisotopic (exact) mass is 208 g/mol. The number of amides is 1. The second kappa shape index (κ2) is 4.02. The molecule has 1 aromatic rings. The molecule has 5 nitrogen and oxygen atoms in total. The summed E-state index contributed by atoms with van der Waals surface area (Å²) in [5.74, 6) is 0.0210. The van der Waals surface area contributed by atoms with Crippen molar-refractivity contribution in [2.75, 3.05) is 19.6 Å². The van der Waals surface area contributed by atoms with Crippen LogP contribution in [0, 0.1) is 6.92 Å². The van der Waals surface area contributed by atoms with Crippen LogP contribution in [0.15, 0.2) is 6.07 Å². The third-order valence-corrected chi connectivity index (χ3v) is 2.58. The van der Waals surface area contributed by atoms with Gasteiger partial charge in [0, 0.05) is 31.4 Å². The van der Waals surface area contributed by atoms with Crippen LogP contribution in [-0.4, -0.2) is 46.7 Å². The third-order valence-electron chi connectivity index (χ3n) is 2.58. The number of carbonyl (C=O) groups is 1. The first-order valence-electron chi connectivity index (χ1n) is 5.21. The fraction of sp³-hybridized carbons (Fsp3) is 0.600. The molecule has 1 amide bonds. The second-order valence-electron chi connectivity index (χ2n) is 4.04. The standard InChI is InChI=1S/C10H16N4O/c1-7-5-9(13-12-7)10(15)14-4-3-11-8(2)6-14/h5,8,11H,3-4,6H2,1-2H3,(H,12,13). The lowest BCUT2D eigenvalue weighted by Gasteiger charge is -2.31. The van der Waals surface area contributed by atoms with E-state index in [2.05, 4.69) is 22.4 Å². The van der Waals surface area contributed by atoms with Crippen LogP contribution in [-0.2, 0) is 0 Å². The fourth-order valence-electron chi connectivity index (χ4n) is 1.81. The van der Waals surface area contributed by atoms with E-state index in [1.165, 1.54) is 0 Å². The fourth-order valence-corrected chi connectivity index (χ4v) is 1.81. The maximum absolute atomic E-state index is 12.0. The summed E-state index contributed by atoms with van der Waals surface area (Å²) in [6.07, 6.45) is 0. The summed E-state index contributed by atoms with van der Waals surface area (Å²) in [7, 11) is 0. The maximum atomic E-state index is 12.0. The average molecular weight is 208 g/mol. The van der Waals surface area contributed by atoms with Crippen LogP contribution >= 0.6 is 0 Å². The van der Waals surface area contributed by atoms with Crippen molar-refractivity contribution in [3.63, 3.8) is 0 Å². The molecule has 2 rings (SSSR count). The number of aromatic nitrogens is 2. The van der Waals surface area contributed by atoms with E-state index in [1.807, 2.05) is 11.8 Å². The molecule has 15 heavy (non-hydrogen) atoms. The molecule has 0 aromatic carbocycles. The summed E-state index contributed by atoms with van der Waals surface area (Å²) in [5.41, 5.74) is 1.43. The van der Waals surface area contributed by atoms with Crippen molar-refractivity contribution in [3.05, 3.63) is 17.5 Å². The lowest BCUT2D eigenvalue weighted by atomic mass is 10.2. The molecule has 82 valence electrons. The molecule has 1 unspecified atom stereocenters. The summed E-state index contributed by atoms with van der Waals surface area (Å²) in [6.45, 7) is 6.34. The van der Waals surface area contributed by atoms with Gasteiger partial charge in [0.1, 0.15) is 5.69 Å². The number of hydrogen-bond donors (Lipinski definition) is 2. The number of nitrogens with one attached hydrogen (secondary N) is 2. The minimum absolute atomic E-state index is 0.0210. The largest absolute Gasteiger partial charge is 0.334 e. The summed E-state index contributed by atoms with van der Waals surface area (Å²) in [6, 6.07) is 2.15. The molecule has 0 spiro atoms. The van der Waals surface area contributed by atoms with E-state index < -0.39 is 0 Å². The van der Waals surface area contributed by atoms with E-state index in [0.29, 0.717) is 11.7 Å². The molecular weight excluding hydrogens is 192 g/mol. The first-order chi connectivity index (χ1) is 7.16. The van der Waals surface area contributed by atoms with E-state index in [4.69, 9.17) is 0 Å². The van der Waals surface area contributed by atoms with Gasteiger partial charge in [0.25, 0.3) is 5.91 Å². The molecule has 2 N–H and O–H groups in total. The second-order valence-corrected chi connectivity index (χ2v) is 4.04. The van der Waals surface area contributed by atoms with Crippen molar-refractivity contribution in [1.82, 2.24) is 20.4 Å². The predicted molar refractivity (Wildman–Crippen MR) is 56.7 cm³/mol. The number of rotatable bonds is 1. The highest BCUT2D eigenvalue weighted by Gasteiger charge is 2.22. The Morgan fingerprint density at radius 2 is 2.47 bits per heavy atom. The number of hydrogen-bond acceptors (Lipinski definition) is 3. The van der Waals surface area contributed by atoms with Crippen LogP contribution in [0.3, 0.4) is 0 Å². The Bertz CT molecular complexity index is 360. The molecule has 1 aliphatic heterocycles. The van der Waals surface area contributed by atoms with Gasteiger partial charge in [0.05, 0.1) is 0 Å². The lowest BCUT2D eigenvalue weighted by Crippen LogP contribution is -2.51. The highest BCUT2D eigenvalue weighted by atomic mass is 16.2. The number of carbonyl (C=O) groups excluding carboxylic acids is 1. The van der Waals surface area contributed by atoms with E-state index >= 15 is 0 Å². The van der Waals surface area contributed by atoms with Crippen LogP contribution < -0.4 is 5.32 Å². The van der Waals surface area contributed by atoms with Gasteiger partial charge < -0.3 is 10.2 Å². The summed E-state index contributed by atoms with van der Waals surface area (Å²) in [5, 5.41) is 10.1. The Morgan fingerprint density at radius 1 is 1.67 bits per heavy atom. The zero-order chi connectivity index (χ0) is 10.8. The van der Waals surface area contributed by atoms with E-state index in [9.17, 15) is 4.79 Å². The van der Waals surface area contributed by atoms with Crippen molar-refractivity contribution in [3.8, 4) is 0 Å². The number of aryl methyl sites for hydroxylation is 1. The summed E-state index contributed by atoms with van der Waals surface area (Å²) < 4.78 is 0. The van der Waals surface area contributed by atoms with Crippen LogP contribution in [0.4, 0.5) is 0 Å². The minimum atomic E-state index is 0.0210. The first-order valence-corrected chi connectivity index (χ1v) is 5.21. The quantitative estimate of drug-likeness (QED) is 0.690. The Labute approximate surface area is 88.8 Å². The van der Waals surface area contributed by atoms with E-state index in [0.717, 1.165) is 25.3 Å². The maximum Gasteiger partial charge on any atom is 0.274 e. The topological polar surface area (TPSA) is 61.0 Å². The Kier molecular flexibility index (Phi) is 2.73. The molecule has 5 heteroatoms. The molecule has 2 heterocycles. The SMILES string of the molecule is Cc1cc(C(=O)N2CCNC(C)C2)n[nH]1. The van der Waals surface area contributed by atoms with Gasteiger partial charge in [-0.15, -0.1) is 0 Å². The van der Waals surface area contributed by atoms with Crippen molar-refractivity contribution >= 4 is 5.91 Å². The van der Waals surface area contributed by atoms with Crippen molar-refractivity contribution in [2.24, 2.45) is 0 Å². The van der Waals surface area contributed by atoms with Gasteiger partial charge in [-0.1, -0.05) is 0 Å².